The quantitative estimate of drug-likeness (QED) is 0.613. The number of ether oxygens (including phenoxy) is 2. The van der Waals surface area contributed by atoms with Gasteiger partial charge in [-0.1, -0.05) is 0 Å². The van der Waals surface area contributed by atoms with Crippen LogP contribution in [0.2, 0.25) is 0 Å². The standard InChI is InChI=1S/C20H21F2N3O4/c1-12(24-13(2)26)10-27-15-5-7-17(23-9-15)19-25-16-6-4-14(8-18(16)29-19)28-11-20(3,21)22/h4-9,12H,10-11H2,1-3H3,(H,24,26)/t12-/m0/s1. The van der Waals surface area contributed by atoms with Gasteiger partial charge in [0.2, 0.25) is 11.8 Å². The summed E-state index contributed by atoms with van der Waals surface area (Å²) in [5, 5.41) is 2.73. The molecule has 7 nitrogen and oxygen atoms in total. The van der Waals surface area contributed by atoms with E-state index in [2.05, 4.69) is 15.3 Å². The van der Waals surface area contributed by atoms with Crippen LogP contribution in [0.15, 0.2) is 40.9 Å². The molecule has 0 bridgehead atoms. The molecule has 0 saturated heterocycles. The molecule has 0 fully saturated rings. The van der Waals surface area contributed by atoms with E-state index < -0.39 is 12.5 Å². The van der Waals surface area contributed by atoms with Crippen LogP contribution >= 0.6 is 0 Å². The van der Waals surface area contributed by atoms with E-state index in [0.717, 1.165) is 6.92 Å². The van der Waals surface area contributed by atoms with Gasteiger partial charge in [0.15, 0.2) is 12.2 Å². The first-order chi connectivity index (χ1) is 13.7. The summed E-state index contributed by atoms with van der Waals surface area (Å²) < 4.78 is 42.2. The van der Waals surface area contributed by atoms with Crippen LogP contribution in [-0.2, 0) is 4.79 Å². The highest BCUT2D eigenvalue weighted by molar-refractivity contribution is 5.77. The van der Waals surface area contributed by atoms with Crippen molar-refractivity contribution in [2.45, 2.75) is 32.7 Å². The first-order valence-corrected chi connectivity index (χ1v) is 8.97. The highest BCUT2D eigenvalue weighted by atomic mass is 19.3. The van der Waals surface area contributed by atoms with Crippen molar-refractivity contribution in [1.29, 1.82) is 0 Å². The number of pyridine rings is 1. The van der Waals surface area contributed by atoms with E-state index in [9.17, 15) is 13.6 Å². The molecular formula is C20H21F2N3O4. The summed E-state index contributed by atoms with van der Waals surface area (Å²) in [4.78, 5) is 19.6. The second-order valence-corrected chi connectivity index (χ2v) is 6.80. The van der Waals surface area contributed by atoms with E-state index >= 15 is 0 Å². The van der Waals surface area contributed by atoms with Gasteiger partial charge in [-0.15, -0.1) is 0 Å². The van der Waals surface area contributed by atoms with Crippen LogP contribution < -0.4 is 14.8 Å². The van der Waals surface area contributed by atoms with Crippen LogP contribution in [0.5, 0.6) is 11.5 Å². The lowest BCUT2D eigenvalue weighted by Crippen LogP contribution is -2.35. The Bertz CT molecular complexity index is 984. The summed E-state index contributed by atoms with van der Waals surface area (Å²) in [6.07, 6.45) is 1.53. The highest BCUT2D eigenvalue weighted by Gasteiger charge is 2.22. The van der Waals surface area contributed by atoms with Crippen LogP contribution in [-0.4, -0.2) is 41.1 Å². The smallest absolute Gasteiger partial charge is 0.278 e. The average molecular weight is 405 g/mol. The molecule has 3 aromatic rings. The molecule has 0 aliphatic rings. The molecule has 9 heteroatoms. The largest absolute Gasteiger partial charge is 0.490 e. The van der Waals surface area contributed by atoms with Crippen molar-refractivity contribution in [2.75, 3.05) is 13.2 Å². The Morgan fingerprint density at radius 1 is 1.24 bits per heavy atom. The maximum Gasteiger partial charge on any atom is 0.278 e. The lowest BCUT2D eigenvalue weighted by molar-refractivity contribution is -0.119. The number of hydrogen-bond donors (Lipinski definition) is 1. The molecular weight excluding hydrogens is 384 g/mol. The SMILES string of the molecule is CC(=O)N[C@@H](C)COc1ccc(-c2nc3ccc(OCC(C)(F)F)cc3o2)nc1. The number of halogens is 2. The van der Waals surface area contributed by atoms with E-state index in [1.54, 1.807) is 24.3 Å². The van der Waals surface area contributed by atoms with Gasteiger partial charge in [-0.05, 0) is 31.2 Å². The van der Waals surface area contributed by atoms with E-state index in [4.69, 9.17) is 13.9 Å². The number of fused-ring (bicyclic) bond motifs is 1. The molecule has 0 saturated carbocycles. The molecule has 29 heavy (non-hydrogen) atoms. The number of carbonyl (C=O) groups is 1. The first-order valence-electron chi connectivity index (χ1n) is 8.97. The van der Waals surface area contributed by atoms with Crippen molar-refractivity contribution in [3.05, 3.63) is 36.5 Å². The van der Waals surface area contributed by atoms with E-state index in [0.29, 0.717) is 29.2 Å². The van der Waals surface area contributed by atoms with Crippen LogP contribution in [0.4, 0.5) is 8.78 Å². The number of alkyl halides is 2. The third-order valence-electron chi connectivity index (χ3n) is 3.76. The van der Waals surface area contributed by atoms with Crippen LogP contribution in [0.3, 0.4) is 0 Å². The maximum absolute atomic E-state index is 12.9. The third-order valence-corrected chi connectivity index (χ3v) is 3.76. The van der Waals surface area contributed by atoms with Crippen molar-refractivity contribution in [3.63, 3.8) is 0 Å². The normalized spacial score (nSPS) is 12.6. The summed E-state index contributed by atoms with van der Waals surface area (Å²) in [5.41, 5.74) is 1.45. The Labute approximate surface area is 166 Å². The second-order valence-electron chi connectivity index (χ2n) is 6.80. The summed E-state index contributed by atoms with van der Waals surface area (Å²) in [7, 11) is 0. The van der Waals surface area contributed by atoms with Gasteiger partial charge in [0.25, 0.3) is 5.92 Å². The average Bonchev–Trinajstić information content (AvgIpc) is 3.07. The fourth-order valence-electron chi connectivity index (χ4n) is 2.52. The number of nitrogens with zero attached hydrogens (tertiary/aromatic N) is 2. The van der Waals surface area contributed by atoms with Crippen LogP contribution in [0, 0.1) is 0 Å². The maximum atomic E-state index is 12.9. The Hall–Kier alpha value is -3.23. The molecule has 0 unspecified atom stereocenters. The van der Waals surface area contributed by atoms with Gasteiger partial charge in [0, 0.05) is 19.9 Å². The fraction of sp³-hybridized carbons (Fsp3) is 0.350. The molecule has 1 aromatic carbocycles. The summed E-state index contributed by atoms with van der Waals surface area (Å²) in [5.74, 6) is -1.95. The number of amides is 1. The number of nitrogens with one attached hydrogen (secondary N) is 1. The number of oxazole rings is 1. The molecule has 3 rings (SSSR count). The van der Waals surface area contributed by atoms with Crippen LogP contribution in [0.1, 0.15) is 20.8 Å². The Morgan fingerprint density at radius 3 is 2.66 bits per heavy atom. The predicted molar refractivity (Wildman–Crippen MR) is 102 cm³/mol. The fourth-order valence-corrected chi connectivity index (χ4v) is 2.52. The van der Waals surface area contributed by atoms with Crippen molar-refractivity contribution in [3.8, 4) is 23.1 Å². The molecule has 1 atom stereocenters. The van der Waals surface area contributed by atoms with E-state index in [1.165, 1.54) is 19.2 Å². The molecule has 1 amide bonds. The zero-order valence-corrected chi connectivity index (χ0v) is 16.2. The molecule has 0 aliphatic carbocycles. The Morgan fingerprint density at radius 2 is 2.00 bits per heavy atom. The van der Waals surface area contributed by atoms with Gasteiger partial charge in [0.1, 0.15) is 29.3 Å². The van der Waals surface area contributed by atoms with Gasteiger partial charge in [-0.2, -0.15) is 0 Å². The molecule has 2 aromatic heterocycles. The highest BCUT2D eigenvalue weighted by Crippen LogP contribution is 2.27. The number of rotatable bonds is 8. The van der Waals surface area contributed by atoms with Gasteiger partial charge in [-0.25, -0.2) is 18.7 Å². The summed E-state index contributed by atoms with van der Waals surface area (Å²) in [6, 6.07) is 7.98. The van der Waals surface area contributed by atoms with Crippen molar-refractivity contribution < 1.29 is 27.5 Å². The first kappa shape index (κ1) is 20.5. The van der Waals surface area contributed by atoms with E-state index in [-0.39, 0.29) is 23.6 Å². The lowest BCUT2D eigenvalue weighted by atomic mass is 10.3. The van der Waals surface area contributed by atoms with Crippen molar-refractivity contribution in [1.82, 2.24) is 15.3 Å². The number of benzene rings is 1. The Kier molecular flexibility index (Phi) is 5.95. The number of aromatic nitrogens is 2. The van der Waals surface area contributed by atoms with Gasteiger partial charge in [-0.3, -0.25) is 4.79 Å². The van der Waals surface area contributed by atoms with Crippen molar-refractivity contribution >= 4 is 17.0 Å². The minimum absolute atomic E-state index is 0.123. The monoisotopic (exact) mass is 405 g/mol. The third kappa shape index (κ3) is 5.87. The zero-order valence-electron chi connectivity index (χ0n) is 16.2. The number of hydrogen-bond acceptors (Lipinski definition) is 6. The molecule has 0 aliphatic heterocycles. The summed E-state index contributed by atoms with van der Waals surface area (Å²) >= 11 is 0. The predicted octanol–water partition coefficient (Wildman–Crippen LogP) is 3.83. The van der Waals surface area contributed by atoms with Gasteiger partial charge < -0.3 is 19.2 Å². The summed E-state index contributed by atoms with van der Waals surface area (Å²) in [6.45, 7) is 3.66. The zero-order chi connectivity index (χ0) is 21.0. The van der Waals surface area contributed by atoms with Gasteiger partial charge in [0.05, 0.1) is 12.2 Å². The molecule has 1 N–H and O–H groups in total. The van der Waals surface area contributed by atoms with Gasteiger partial charge >= 0.3 is 0 Å². The minimum Gasteiger partial charge on any atom is -0.490 e. The minimum atomic E-state index is -2.92. The molecule has 0 spiro atoms. The van der Waals surface area contributed by atoms with Crippen molar-refractivity contribution in [2.24, 2.45) is 0 Å². The molecule has 154 valence electrons. The second kappa shape index (κ2) is 8.42. The number of carbonyl (C=O) groups excluding carboxylic acids is 1. The van der Waals surface area contributed by atoms with E-state index in [1.807, 2.05) is 6.92 Å². The Balaban J connectivity index is 1.67. The van der Waals surface area contributed by atoms with Crippen LogP contribution in [0.25, 0.3) is 22.7 Å². The molecule has 0 radical (unpaired) electrons. The lowest BCUT2D eigenvalue weighted by Gasteiger charge is -2.13. The topological polar surface area (TPSA) is 86.5 Å². The molecule has 2 heterocycles.